The first kappa shape index (κ1) is 11.0. The van der Waals surface area contributed by atoms with E-state index in [1.54, 1.807) is 11.1 Å². The Morgan fingerprint density at radius 3 is 2.50 bits per heavy atom. The Kier molecular flexibility index (Phi) is 2.66. The van der Waals surface area contributed by atoms with Gasteiger partial charge in [-0.2, -0.15) is 0 Å². The molecule has 3 heterocycles. The van der Waals surface area contributed by atoms with Crippen molar-refractivity contribution in [3.63, 3.8) is 0 Å². The van der Waals surface area contributed by atoms with Gasteiger partial charge < -0.3 is 5.32 Å². The highest BCUT2D eigenvalue weighted by Crippen LogP contribution is 2.32. The molecule has 0 spiro atoms. The lowest BCUT2D eigenvalue weighted by atomic mass is 9.93. The molecule has 96 valence electrons. The molecule has 3 aliphatic heterocycles. The van der Waals surface area contributed by atoms with E-state index < -0.39 is 0 Å². The van der Waals surface area contributed by atoms with Crippen molar-refractivity contribution in [1.82, 2.24) is 10.2 Å². The zero-order valence-electron chi connectivity index (χ0n) is 10.9. The van der Waals surface area contributed by atoms with Crippen LogP contribution in [0.25, 0.3) is 0 Å². The summed E-state index contributed by atoms with van der Waals surface area (Å²) in [6.07, 6.45) is 6.81. The van der Waals surface area contributed by atoms with Crippen LogP contribution >= 0.6 is 0 Å². The van der Waals surface area contributed by atoms with Crippen LogP contribution in [0.1, 0.15) is 36.8 Å². The summed E-state index contributed by atoms with van der Waals surface area (Å²) in [5, 5.41) is 3.75. The van der Waals surface area contributed by atoms with E-state index in [1.165, 1.54) is 45.2 Å². The van der Waals surface area contributed by atoms with Gasteiger partial charge in [0, 0.05) is 31.2 Å². The SMILES string of the molecule is c1ccc2c(c1)CCN(C1CC3CCC(C1)N3)C2. The van der Waals surface area contributed by atoms with E-state index in [9.17, 15) is 0 Å². The van der Waals surface area contributed by atoms with Crippen LogP contribution in [0.3, 0.4) is 0 Å². The molecule has 0 aliphatic carbocycles. The highest BCUT2D eigenvalue weighted by molar-refractivity contribution is 5.29. The molecule has 1 aromatic carbocycles. The van der Waals surface area contributed by atoms with E-state index in [4.69, 9.17) is 0 Å². The van der Waals surface area contributed by atoms with Gasteiger partial charge in [-0.15, -0.1) is 0 Å². The maximum atomic E-state index is 3.75. The zero-order valence-corrected chi connectivity index (χ0v) is 10.9. The molecule has 0 radical (unpaired) electrons. The van der Waals surface area contributed by atoms with Gasteiger partial charge >= 0.3 is 0 Å². The molecule has 2 bridgehead atoms. The van der Waals surface area contributed by atoms with Gasteiger partial charge in [0.15, 0.2) is 0 Å². The van der Waals surface area contributed by atoms with Gasteiger partial charge in [0.05, 0.1) is 0 Å². The van der Waals surface area contributed by atoms with Gasteiger partial charge in [0.25, 0.3) is 0 Å². The Bertz CT molecular complexity index is 430. The van der Waals surface area contributed by atoms with Crippen LogP contribution in [-0.4, -0.2) is 29.6 Å². The Morgan fingerprint density at radius 1 is 1.00 bits per heavy atom. The largest absolute Gasteiger partial charge is 0.311 e. The van der Waals surface area contributed by atoms with Crippen LogP contribution in [0.4, 0.5) is 0 Å². The first-order chi connectivity index (χ1) is 8.88. The molecule has 18 heavy (non-hydrogen) atoms. The van der Waals surface area contributed by atoms with Crippen molar-refractivity contribution in [1.29, 1.82) is 0 Å². The quantitative estimate of drug-likeness (QED) is 0.813. The van der Waals surface area contributed by atoms with Gasteiger partial charge in [-0.05, 0) is 43.2 Å². The van der Waals surface area contributed by atoms with Gasteiger partial charge in [-0.25, -0.2) is 0 Å². The molecule has 1 N–H and O–H groups in total. The summed E-state index contributed by atoms with van der Waals surface area (Å²) < 4.78 is 0. The Morgan fingerprint density at radius 2 is 1.72 bits per heavy atom. The van der Waals surface area contributed by atoms with Crippen LogP contribution in [-0.2, 0) is 13.0 Å². The lowest BCUT2D eigenvalue weighted by molar-refractivity contribution is 0.128. The predicted octanol–water partition coefficient (Wildman–Crippen LogP) is 2.33. The second-order valence-electron chi connectivity index (χ2n) is 6.25. The Labute approximate surface area is 109 Å². The van der Waals surface area contributed by atoms with Gasteiger partial charge in [-0.1, -0.05) is 24.3 Å². The normalized spacial score (nSPS) is 35.4. The van der Waals surface area contributed by atoms with Crippen molar-refractivity contribution in [2.45, 2.75) is 56.8 Å². The Balaban J connectivity index is 1.51. The fourth-order valence-electron chi connectivity index (χ4n) is 4.15. The van der Waals surface area contributed by atoms with E-state index in [0.29, 0.717) is 0 Å². The number of benzene rings is 1. The minimum atomic E-state index is 0.811. The van der Waals surface area contributed by atoms with Crippen molar-refractivity contribution >= 4 is 0 Å². The number of piperidine rings is 1. The Hall–Kier alpha value is -0.860. The standard InChI is InChI=1S/C16H22N2/c1-2-4-13-11-18(8-7-12(13)3-1)16-9-14-5-6-15(10-16)17-14/h1-4,14-17H,5-11H2. The van der Waals surface area contributed by atoms with Crippen molar-refractivity contribution < 1.29 is 0 Å². The summed E-state index contributed by atoms with van der Waals surface area (Å²) in [5.74, 6) is 0. The van der Waals surface area contributed by atoms with Crippen molar-refractivity contribution in [2.24, 2.45) is 0 Å². The fraction of sp³-hybridized carbons (Fsp3) is 0.625. The summed E-state index contributed by atoms with van der Waals surface area (Å²) in [6.45, 7) is 2.45. The van der Waals surface area contributed by atoms with Crippen LogP contribution in [0.5, 0.6) is 0 Å². The van der Waals surface area contributed by atoms with Crippen LogP contribution in [0.15, 0.2) is 24.3 Å². The molecular formula is C16H22N2. The van der Waals surface area contributed by atoms with Gasteiger partial charge in [0.2, 0.25) is 0 Å². The van der Waals surface area contributed by atoms with E-state index in [2.05, 4.69) is 34.5 Å². The van der Waals surface area contributed by atoms with E-state index >= 15 is 0 Å². The van der Waals surface area contributed by atoms with Crippen molar-refractivity contribution in [3.8, 4) is 0 Å². The molecule has 0 aromatic heterocycles. The third kappa shape index (κ3) is 1.88. The first-order valence-corrected chi connectivity index (χ1v) is 7.45. The lowest BCUT2D eigenvalue weighted by Crippen LogP contribution is -2.49. The minimum Gasteiger partial charge on any atom is -0.311 e. The van der Waals surface area contributed by atoms with E-state index in [0.717, 1.165) is 18.1 Å². The smallest absolute Gasteiger partial charge is 0.0239 e. The number of hydrogen-bond donors (Lipinski definition) is 1. The highest BCUT2D eigenvalue weighted by Gasteiger charge is 2.36. The molecule has 2 atom stereocenters. The predicted molar refractivity (Wildman–Crippen MR) is 73.5 cm³/mol. The summed E-state index contributed by atoms with van der Waals surface area (Å²) in [5.41, 5.74) is 3.14. The first-order valence-electron chi connectivity index (χ1n) is 7.45. The maximum Gasteiger partial charge on any atom is 0.0239 e. The average Bonchev–Trinajstić information content (AvgIpc) is 2.77. The fourth-order valence-corrected chi connectivity index (χ4v) is 4.15. The molecule has 2 nitrogen and oxygen atoms in total. The number of hydrogen-bond acceptors (Lipinski definition) is 2. The summed E-state index contributed by atoms with van der Waals surface area (Å²) in [4.78, 5) is 2.74. The molecule has 2 fully saturated rings. The molecule has 4 rings (SSSR count). The minimum absolute atomic E-state index is 0.811. The number of nitrogens with zero attached hydrogens (tertiary/aromatic N) is 1. The third-order valence-corrected chi connectivity index (χ3v) is 5.12. The van der Waals surface area contributed by atoms with Crippen LogP contribution in [0.2, 0.25) is 0 Å². The monoisotopic (exact) mass is 242 g/mol. The highest BCUT2D eigenvalue weighted by atomic mass is 15.2. The van der Waals surface area contributed by atoms with Crippen LogP contribution < -0.4 is 5.32 Å². The lowest BCUT2D eigenvalue weighted by Gasteiger charge is -2.40. The second kappa shape index (κ2) is 4.36. The second-order valence-corrected chi connectivity index (χ2v) is 6.25. The summed E-state index contributed by atoms with van der Waals surface area (Å²) >= 11 is 0. The van der Waals surface area contributed by atoms with Gasteiger partial charge in [-0.3, -0.25) is 4.90 Å². The maximum absolute atomic E-state index is 3.75. The van der Waals surface area contributed by atoms with E-state index in [1.807, 2.05) is 0 Å². The molecule has 2 heteroatoms. The van der Waals surface area contributed by atoms with Crippen molar-refractivity contribution in [2.75, 3.05) is 6.54 Å². The number of rotatable bonds is 1. The summed E-state index contributed by atoms with van der Waals surface area (Å²) in [6, 6.07) is 11.4. The molecule has 2 saturated heterocycles. The van der Waals surface area contributed by atoms with E-state index in [-0.39, 0.29) is 0 Å². The summed E-state index contributed by atoms with van der Waals surface area (Å²) in [7, 11) is 0. The molecule has 1 aromatic rings. The third-order valence-electron chi connectivity index (χ3n) is 5.12. The number of fused-ring (bicyclic) bond motifs is 3. The van der Waals surface area contributed by atoms with Crippen LogP contribution in [0, 0.1) is 0 Å². The molecular weight excluding hydrogens is 220 g/mol. The topological polar surface area (TPSA) is 15.3 Å². The zero-order chi connectivity index (χ0) is 11.9. The van der Waals surface area contributed by atoms with Crippen molar-refractivity contribution in [3.05, 3.63) is 35.4 Å². The molecule has 2 unspecified atom stereocenters. The average molecular weight is 242 g/mol. The molecule has 0 amide bonds. The molecule has 3 aliphatic rings. The molecule has 0 saturated carbocycles. The van der Waals surface area contributed by atoms with Gasteiger partial charge in [0.1, 0.15) is 0 Å². The number of nitrogens with one attached hydrogen (secondary N) is 1.